The van der Waals surface area contributed by atoms with E-state index in [1.807, 2.05) is 0 Å². The number of nitrogens with zero attached hydrogens (tertiary/aromatic N) is 4. The molecule has 3 N–H and O–H groups in total. The standard InChI is InChI=1S/C22H17F3N6O4S/c1-10-14(31(34)35)9-30(29-10)11(2)20(33)28-17-16-13(12-6-4-3-5-7-12)8-15(22(23,24)25)27-21(16)36-18(17)19(26)32/h3-9,11H,1-2H3,(H2,26,32)(H,28,33). The van der Waals surface area contributed by atoms with Crippen LogP contribution in [0, 0.1) is 17.0 Å². The van der Waals surface area contributed by atoms with E-state index in [9.17, 15) is 32.9 Å². The molecule has 186 valence electrons. The number of anilines is 1. The van der Waals surface area contributed by atoms with Crippen molar-refractivity contribution >= 4 is 44.7 Å². The number of nitrogens with one attached hydrogen (secondary N) is 1. The Morgan fingerprint density at radius 1 is 1.25 bits per heavy atom. The van der Waals surface area contributed by atoms with Gasteiger partial charge in [0, 0.05) is 5.39 Å². The SMILES string of the molecule is Cc1nn(C(C)C(=O)Nc2c(C(N)=O)sc3nc(C(F)(F)F)cc(-c4ccccc4)c23)cc1[N+](=O)[O-]. The molecule has 3 heterocycles. The zero-order chi connectivity index (χ0) is 26.4. The number of halogens is 3. The summed E-state index contributed by atoms with van der Waals surface area (Å²) < 4.78 is 41.9. The van der Waals surface area contributed by atoms with E-state index in [-0.39, 0.29) is 37.7 Å². The van der Waals surface area contributed by atoms with Gasteiger partial charge >= 0.3 is 11.9 Å². The smallest absolute Gasteiger partial charge is 0.365 e. The predicted molar refractivity (Wildman–Crippen MR) is 126 cm³/mol. The van der Waals surface area contributed by atoms with Crippen LogP contribution in [0.4, 0.5) is 24.5 Å². The number of aryl methyl sites for hydroxylation is 1. The molecule has 0 bridgehead atoms. The zero-order valence-electron chi connectivity index (χ0n) is 18.7. The van der Waals surface area contributed by atoms with Gasteiger partial charge in [-0.05, 0) is 31.0 Å². The fourth-order valence-electron chi connectivity index (χ4n) is 3.58. The molecule has 36 heavy (non-hydrogen) atoms. The number of primary amides is 1. The average molecular weight is 518 g/mol. The number of amides is 2. The summed E-state index contributed by atoms with van der Waals surface area (Å²) in [6, 6.07) is 7.87. The van der Waals surface area contributed by atoms with Gasteiger partial charge in [-0.3, -0.25) is 24.4 Å². The number of hydrogen-bond acceptors (Lipinski definition) is 7. The number of aromatic nitrogens is 3. The van der Waals surface area contributed by atoms with Crippen LogP contribution in [0.1, 0.15) is 34.0 Å². The van der Waals surface area contributed by atoms with Crippen molar-refractivity contribution in [3.05, 3.63) is 69.0 Å². The molecule has 0 saturated carbocycles. The summed E-state index contributed by atoms with van der Waals surface area (Å²) in [6.07, 6.45) is -3.67. The Balaban J connectivity index is 1.88. The lowest BCUT2D eigenvalue weighted by Gasteiger charge is -2.15. The van der Waals surface area contributed by atoms with Gasteiger partial charge in [0.25, 0.3) is 5.91 Å². The molecule has 0 saturated heterocycles. The number of fused-ring (bicyclic) bond motifs is 1. The molecule has 0 aliphatic carbocycles. The first-order valence-corrected chi connectivity index (χ1v) is 11.1. The van der Waals surface area contributed by atoms with Crippen molar-refractivity contribution in [2.75, 3.05) is 5.32 Å². The number of carbonyl (C=O) groups is 2. The van der Waals surface area contributed by atoms with Crippen LogP contribution < -0.4 is 11.1 Å². The molecule has 0 spiro atoms. The highest BCUT2D eigenvalue weighted by Crippen LogP contribution is 2.43. The number of nitrogens with two attached hydrogens (primary N) is 1. The van der Waals surface area contributed by atoms with Gasteiger partial charge in [-0.2, -0.15) is 18.3 Å². The molecular formula is C22H17F3N6O4S. The number of alkyl halides is 3. The number of benzene rings is 1. The predicted octanol–water partition coefficient (Wildman–Crippen LogP) is 4.69. The first kappa shape index (κ1) is 24.8. The summed E-state index contributed by atoms with van der Waals surface area (Å²) in [5.74, 6) is -1.70. The summed E-state index contributed by atoms with van der Waals surface area (Å²) in [5.41, 5.74) is 4.50. The van der Waals surface area contributed by atoms with Gasteiger partial charge in [0.1, 0.15) is 33.3 Å². The van der Waals surface area contributed by atoms with E-state index in [0.717, 1.165) is 16.9 Å². The second-order valence-electron chi connectivity index (χ2n) is 7.77. The third-order valence-electron chi connectivity index (χ3n) is 5.37. The van der Waals surface area contributed by atoms with E-state index in [1.54, 1.807) is 30.3 Å². The summed E-state index contributed by atoms with van der Waals surface area (Å²) in [4.78, 5) is 39.1. The molecule has 3 aromatic heterocycles. The minimum atomic E-state index is -4.76. The normalized spacial score (nSPS) is 12.5. The van der Waals surface area contributed by atoms with Gasteiger partial charge in [0.05, 0.1) is 10.6 Å². The molecular weight excluding hydrogens is 501 g/mol. The van der Waals surface area contributed by atoms with Crippen molar-refractivity contribution in [1.29, 1.82) is 0 Å². The highest BCUT2D eigenvalue weighted by molar-refractivity contribution is 7.21. The highest BCUT2D eigenvalue weighted by atomic mass is 32.1. The molecule has 2 amide bonds. The van der Waals surface area contributed by atoms with Crippen LogP contribution in [-0.4, -0.2) is 31.5 Å². The molecule has 10 nitrogen and oxygen atoms in total. The van der Waals surface area contributed by atoms with Gasteiger partial charge in [-0.1, -0.05) is 30.3 Å². The minimum Gasteiger partial charge on any atom is -0.365 e. The highest BCUT2D eigenvalue weighted by Gasteiger charge is 2.35. The van der Waals surface area contributed by atoms with Crippen LogP contribution in [0.5, 0.6) is 0 Å². The second-order valence-corrected chi connectivity index (χ2v) is 8.77. The maximum Gasteiger partial charge on any atom is 0.433 e. The number of thiophene rings is 1. The quantitative estimate of drug-likeness (QED) is 0.280. The number of hydrogen-bond donors (Lipinski definition) is 2. The molecule has 0 radical (unpaired) electrons. The first-order valence-electron chi connectivity index (χ1n) is 10.3. The molecule has 4 aromatic rings. The molecule has 1 atom stereocenters. The van der Waals surface area contributed by atoms with Crippen LogP contribution in [0.2, 0.25) is 0 Å². The third-order valence-corrected chi connectivity index (χ3v) is 6.47. The van der Waals surface area contributed by atoms with E-state index in [1.165, 1.54) is 13.8 Å². The Kier molecular flexibility index (Phi) is 6.22. The Labute approximate surface area is 204 Å². The van der Waals surface area contributed by atoms with Gasteiger partial charge in [-0.15, -0.1) is 11.3 Å². The first-order chi connectivity index (χ1) is 16.9. The zero-order valence-corrected chi connectivity index (χ0v) is 19.5. The lowest BCUT2D eigenvalue weighted by atomic mass is 10.0. The lowest BCUT2D eigenvalue weighted by molar-refractivity contribution is -0.385. The van der Waals surface area contributed by atoms with Gasteiger partial charge in [0.2, 0.25) is 5.91 Å². The molecule has 1 unspecified atom stereocenters. The van der Waals surface area contributed by atoms with E-state index in [4.69, 9.17) is 5.73 Å². The van der Waals surface area contributed by atoms with Crippen molar-refractivity contribution in [2.24, 2.45) is 5.73 Å². The summed E-state index contributed by atoms with van der Waals surface area (Å²) >= 11 is 0.619. The number of nitro groups is 1. The molecule has 0 aliphatic rings. The van der Waals surface area contributed by atoms with Crippen LogP contribution in [0.15, 0.2) is 42.6 Å². The van der Waals surface area contributed by atoms with Gasteiger partial charge < -0.3 is 11.1 Å². The fraction of sp³-hybridized carbons (Fsp3) is 0.182. The largest absolute Gasteiger partial charge is 0.433 e. The van der Waals surface area contributed by atoms with E-state index < -0.39 is 34.6 Å². The maximum atomic E-state index is 13.6. The average Bonchev–Trinajstić information content (AvgIpc) is 3.39. The Bertz CT molecular complexity index is 1510. The van der Waals surface area contributed by atoms with Crippen molar-refractivity contribution < 1.29 is 27.7 Å². The summed E-state index contributed by atoms with van der Waals surface area (Å²) in [5, 5.41) is 17.8. The van der Waals surface area contributed by atoms with Crippen LogP contribution >= 0.6 is 11.3 Å². The van der Waals surface area contributed by atoms with Crippen LogP contribution in [-0.2, 0) is 11.0 Å². The van der Waals surface area contributed by atoms with Gasteiger partial charge in [0.15, 0.2) is 0 Å². The fourth-order valence-corrected chi connectivity index (χ4v) is 4.59. The Morgan fingerprint density at radius 3 is 2.47 bits per heavy atom. The molecule has 1 aromatic carbocycles. The van der Waals surface area contributed by atoms with Crippen molar-refractivity contribution in [1.82, 2.24) is 14.8 Å². The topological polar surface area (TPSA) is 146 Å². The molecule has 0 fully saturated rings. The van der Waals surface area contributed by atoms with Crippen molar-refractivity contribution in [2.45, 2.75) is 26.1 Å². The second kappa shape index (κ2) is 9.03. The number of pyridine rings is 1. The molecule has 4 rings (SSSR count). The van der Waals surface area contributed by atoms with Crippen molar-refractivity contribution in [3.8, 4) is 11.1 Å². The minimum absolute atomic E-state index is 0.0881. The van der Waals surface area contributed by atoms with Crippen molar-refractivity contribution in [3.63, 3.8) is 0 Å². The van der Waals surface area contributed by atoms with E-state index in [0.29, 0.717) is 16.9 Å². The van der Waals surface area contributed by atoms with Crippen LogP contribution in [0.25, 0.3) is 21.3 Å². The molecule has 0 aliphatic heterocycles. The third kappa shape index (κ3) is 4.49. The van der Waals surface area contributed by atoms with E-state index >= 15 is 0 Å². The molecule has 14 heteroatoms. The maximum absolute atomic E-state index is 13.6. The monoisotopic (exact) mass is 518 g/mol. The summed E-state index contributed by atoms with van der Waals surface area (Å²) in [7, 11) is 0. The Morgan fingerprint density at radius 2 is 1.92 bits per heavy atom. The Hall–Kier alpha value is -4.33. The number of rotatable bonds is 6. The van der Waals surface area contributed by atoms with Crippen LogP contribution in [0.3, 0.4) is 0 Å². The summed E-state index contributed by atoms with van der Waals surface area (Å²) in [6.45, 7) is 2.83. The van der Waals surface area contributed by atoms with E-state index in [2.05, 4.69) is 15.4 Å². The van der Waals surface area contributed by atoms with Gasteiger partial charge in [-0.25, -0.2) is 4.98 Å². The lowest BCUT2D eigenvalue weighted by Crippen LogP contribution is -2.25. The number of carbonyl (C=O) groups excluding carboxylic acids is 2.